The molecule has 6 unspecified atom stereocenters. The van der Waals surface area contributed by atoms with E-state index in [1.54, 1.807) is 0 Å². The molecule has 0 aromatic carbocycles. The molecule has 4 amide bonds. The number of aromatic nitrogens is 8. The molecule has 0 aliphatic carbocycles. The summed E-state index contributed by atoms with van der Waals surface area (Å²) in [5.41, 5.74) is 8.35. The Kier molecular flexibility index (Phi) is 38.1. The zero-order valence-electron chi connectivity index (χ0n) is 61.2. The zero-order chi connectivity index (χ0) is 87.3. The average molecular weight is 1820 g/mol. The molecule has 2 aliphatic rings. The maximum absolute atomic E-state index is 12.7. The fourth-order valence-electron chi connectivity index (χ4n) is 9.96. The molecule has 0 radical (unpaired) electrons. The summed E-state index contributed by atoms with van der Waals surface area (Å²) in [7, 11) is -32.9. The highest BCUT2D eigenvalue weighted by Crippen LogP contribution is 2.63. The summed E-state index contributed by atoms with van der Waals surface area (Å²) in [6.07, 6.45) is -15.0. The van der Waals surface area contributed by atoms with Crippen LogP contribution in [-0.4, -0.2) is 291 Å². The van der Waals surface area contributed by atoms with Crippen LogP contribution >= 0.6 is 70.5 Å². The van der Waals surface area contributed by atoms with Crippen LogP contribution in [0, 0.1) is 22.7 Å². The summed E-state index contributed by atoms with van der Waals surface area (Å²) in [4.78, 5) is 197. The number of carboxylic acids is 2. The molecule has 0 saturated carbocycles. The number of amides is 4. The smallest absolute Gasteiger partial charge is 0.481 e. The molecule has 116 heavy (non-hydrogen) atoms. The quantitative estimate of drug-likeness (QED) is 0.0149. The van der Waals surface area contributed by atoms with Gasteiger partial charge in [-0.2, -0.15) is 8.62 Å². The molecule has 16 atom stereocenters. The summed E-state index contributed by atoms with van der Waals surface area (Å²) in [6.45, 7) is -0.846. The molecule has 2 aliphatic heterocycles. The number of hydrogen-bond donors (Lipinski definition) is 22. The highest BCUT2D eigenvalue weighted by molar-refractivity contribution is 8.13. The van der Waals surface area contributed by atoms with Crippen LogP contribution in [0.4, 0.5) is 11.6 Å². The zero-order valence-corrected chi connectivity index (χ0v) is 68.2. The summed E-state index contributed by atoms with van der Waals surface area (Å²) in [6, 6.07) is 0. The van der Waals surface area contributed by atoms with E-state index >= 15 is 0 Å². The number of ether oxygens (including phenoxy) is 2. The van der Waals surface area contributed by atoms with Crippen molar-refractivity contribution in [1.29, 1.82) is 0 Å². The standard InChI is InChI=1S/2C27H44N7O20P3S/c2*1-27(2,21(40)24(41)30-6-5-16(36)29-7-8-58-26(42)14(9-35)3-4-17(37)38)11-51-57(48,49)54-56(46,47)50-10-15-20(53-55(43,44)45)19(39)25(52-15)34-13-33-18-22(28)31-12-32-23(18)34/h2*12-15,19-21,25,35,39-40H,3-11H2,1-2H3,(H,29,36)(H,30,41)(H,37,38)(H,46,47)(H,48,49)(H2,28,31,32)(H2,43,44,45)/t2*14?,15-,19-,20-,21+,25-/m11/s1. The number of aliphatic carboxylic acids is 2. The maximum Gasteiger partial charge on any atom is 0.481 e. The molecule has 62 heteroatoms. The molecule has 2 saturated heterocycles. The third-order valence-corrected chi connectivity index (χ3v) is 24.3. The van der Waals surface area contributed by atoms with Gasteiger partial charge in [-0.25, -0.2) is 57.3 Å². The van der Waals surface area contributed by atoms with Crippen molar-refractivity contribution in [3.05, 3.63) is 25.3 Å². The van der Waals surface area contributed by atoms with Crippen LogP contribution in [0.3, 0.4) is 0 Å². The molecule has 6 rings (SSSR count). The fourth-order valence-corrected chi connectivity index (χ4v) is 17.3. The van der Waals surface area contributed by atoms with Gasteiger partial charge < -0.3 is 122 Å². The number of carbonyl (C=O) groups is 8. The van der Waals surface area contributed by atoms with Gasteiger partial charge in [0.1, 0.15) is 72.5 Å². The van der Waals surface area contributed by atoms with Gasteiger partial charge in [-0.1, -0.05) is 51.2 Å². The number of phosphoric acid groups is 6. The number of carbonyl (C=O) groups excluding carboxylic acids is 6. The minimum absolute atomic E-state index is 0.0153. The van der Waals surface area contributed by atoms with Crippen molar-refractivity contribution in [1.82, 2.24) is 60.3 Å². The first-order valence-corrected chi connectivity index (χ1v) is 44.5. The Bertz CT molecular complexity index is 4100. The van der Waals surface area contributed by atoms with Gasteiger partial charge in [-0.3, -0.25) is 74.6 Å². The third kappa shape index (κ3) is 32.2. The van der Waals surface area contributed by atoms with Crippen LogP contribution in [0.2, 0.25) is 0 Å². The van der Waals surface area contributed by atoms with Crippen LogP contribution in [0.25, 0.3) is 22.3 Å². The van der Waals surface area contributed by atoms with Gasteiger partial charge in [0.15, 0.2) is 45.6 Å². The van der Waals surface area contributed by atoms with Crippen molar-refractivity contribution in [3.63, 3.8) is 0 Å². The molecule has 24 N–H and O–H groups in total. The van der Waals surface area contributed by atoms with Crippen molar-refractivity contribution in [2.24, 2.45) is 22.7 Å². The van der Waals surface area contributed by atoms with Gasteiger partial charge in [0.25, 0.3) is 0 Å². The molecular weight excluding hydrogens is 1730 g/mol. The van der Waals surface area contributed by atoms with Gasteiger partial charge in [-0.05, 0) is 12.8 Å². The van der Waals surface area contributed by atoms with Gasteiger partial charge in [0.05, 0.1) is 64.1 Å². The van der Waals surface area contributed by atoms with Gasteiger partial charge >= 0.3 is 58.9 Å². The maximum atomic E-state index is 12.7. The lowest BCUT2D eigenvalue weighted by Gasteiger charge is -2.30. The predicted molar refractivity (Wildman–Crippen MR) is 389 cm³/mol. The van der Waals surface area contributed by atoms with Crippen LogP contribution < -0.4 is 32.7 Å². The SMILES string of the molecule is CC(C)(COP(=O)(O)OP(=O)(O)OC[C@H]1O[C@@H](n2cnc3c(N)ncnc32)[C@H](O)[C@@H]1OP(=O)(O)O)[C@@H](O)C(=O)NCCC(=O)NCCSC(=O)C(CO)CCC(=O)O.CC(C)(COP(=O)(O)OP(=O)(O)OC[C@H]1O[C@@H](n2cnc3c(N)ncnc32)[C@H](O)[C@@H]1OP(=O)(O)O)[C@@H](O)C(=O)NCCC(=O)NCCSC(=O)C(CO)CCC(=O)O. The second-order valence-electron chi connectivity index (χ2n) is 26.1. The number of nitrogen functional groups attached to an aromatic ring is 2. The predicted octanol–water partition coefficient (Wildman–Crippen LogP) is -3.72. The summed E-state index contributed by atoms with van der Waals surface area (Å²) in [5.74, 6) is -6.99. The number of nitrogens with zero attached hydrogens (tertiary/aromatic N) is 8. The third-order valence-electron chi connectivity index (χ3n) is 16.0. The van der Waals surface area contributed by atoms with E-state index in [1.807, 2.05) is 0 Å². The Morgan fingerprint density at radius 3 is 1.17 bits per heavy atom. The lowest BCUT2D eigenvalue weighted by atomic mass is 9.87. The van der Waals surface area contributed by atoms with Crippen molar-refractivity contribution in [2.75, 3.05) is 88.8 Å². The lowest BCUT2D eigenvalue weighted by molar-refractivity contribution is -0.138. The molecular formula is C54H88N14O40P6S2. The lowest BCUT2D eigenvalue weighted by Crippen LogP contribution is -2.46. The van der Waals surface area contributed by atoms with Crippen LogP contribution in [0.15, 0.2) is 25.3 Å². The van der Waals surface area contributed by atoms with E-state index in [1.165, 1.54) is 27.7 Å². The van der Waals surface area contributed by atoms with Gasteiger partial charge in [0.2, 0.25) is 23.6 Å². The van der Waals surface area contributed by atoms with Crippen molar-refractivity contribution >= 4 is 150 Å². The minimum atomic E-state index is -5.60. The van der Waals surface area contributed by atoms with Crippen molar-refractivity contribution in [3.8, 4) is 0 Å². The number of phosphoric ester groups is 6. The number of aliphatic hydroxyl groups excluding tert-OH is 6. The first kappa shape index (κ1) is 101. The fraction of sp³-hybridized carbons (Fsp3) is 0.667. The highest BCUT2D eigenvalue weighted by Gasteiger charge is 2.53. The summed E-state index contributed by atoms with van der Waals surface area (Å²) < 4.78 is 124. The first-order chi connectivity index (χ1) is 53.7. The van der Waals surface area contributed by atoms with Crippen LogP contribution in [0.1, 0.15) is 78.7 Å². The normalized spacial score (nSPS) is 21.8. The van der Waals surface area contributed by atoms with E-state index < -0.39 is 216 Å². The molecule has 4 aromatic heterocycles. The number of anilines is 2. The largest absolute Gasteiger partial charge is 0.481 e. The highest BCUT2D eigenvalue weighted by atomic mass is 32.2. The van der Waals surface area contributed by atoms with E-state index in [0.717, 1.165) is 58.0 Å². The molecule has 0 spiro atoms. The number of carboxylic acid groups (broad SMARTS) is 2. The Labute approximate surface area is 663 Å². The topological polar surface area (TPSA) is 842 Å². The van der Waals surface area contributed by atoms with Gasteiger partial charge in [0, 0.05) is 74.2 Å². The van der Waals surface area contributed by atoms with E-state index in [9.17, 15) is 136 Å². The number of hydrogen-bond acceptors (Lipinski definition) is 40. The molecule has 2 fully saturated rings. The summed E-state index contributed by atoms with van der Waals surface area (Å²) in [5, 5.41) is 87.5. The van der Waals surface area contributed by atoms with Crippen molar-refractivity contribution in [2.45, 2.75) is 128 Å². The number of thioether (sulfide) groups is 2. The Balaban J connectivity index is 0.000000414. The molecule has 6 heterocycles. The number of rotatable bonds is 48. The van der Waals surface area contributed by atoms with E-state index in [-0.39, 0.29) is 110 Å². The monoisotopic (exact) mass is 1820 g/mol. The number of nitrogens with two attached hydrogens (primary N) is 2. The number of imidazole rings is 2. The van der Waals surface area contributed by atoms with E-state index in [0.29, 0.717) is 0 Å². The second kappa shape index (κ2) is 44.0. The number of fused-ring (bicyclic) bond motifs is 2. The Hall–Kier alpha value is -6.02. The Morgan fingerprint density at radius 1 is 0.517 bits per heavy atom. The van der Waals surface area contributed by atoms with Crippen molar-refractivity contribution < 1.29 is 191 Å². The molecule has 4 aromatic rings. The van der Waals surface area contributed by atoms with Gasteiger partial charge in [-0.15, -0.1) is 0 Å². The second-order valence-corrected chi connectivity index (χ2v) is 36.8. The van der Waals surface area contributed by atoms with E-state index in [4.69, 9.17) is 49.2 Å². The van der Waals surface area contributed by atoms with Crippen LogP contribution in [-0.2, 0) is 111 Å². The molecule has 54 nitrogen and oxygen atoms in total. The molecule has 656 valence electrons. The average Bonchev–Trinajstić information content (AvgIpc) is 1.62. The first-order valence-electron chi connectivity index (χ1n) is 33.5. The van der Waals surface area contributed by atoms with Crippen LogP contribution in [0.5, 0.6) is 0 Å². The van der Waals surface area contributed by atoms with E-state index in [2.05, 4.69) is 68.8 Å². The molecule has 0 bridgehead atoms. The number of nitrogens with one attached hydrogen (secondary N) is 4. The summed E-state index contributed by atoms with van der Waals surface area (Å²) >= 11 is 1.60. The Morgan fingerprint density at radius 2 is 0.853 bits per heavy atom. The minimum Gasteiger partial charge on any atom is -0.481 e. The number of aliphatic hydroxyl groups is 6.